The minimum atomic E-state index is 0.103. The lowest BCUT2D eigenvalue weighted by atomic mass is 10.2. The Balaban J connectivity index is 2.54. The van der Waals surface area contributed by atoms with Crippen LogP contribution in [0.2, 0.25) is 0 Å². The largest absolute Gasteiger partial charge is 0.479 e. The molecular formula is C10H12N2O. The number of hydrogen-bond acceptors (Lipinski definition) is 3. The monoisotopic (exact) mass is 176 g/mol. The van der Waals surface area contributed by atoms with Gasteiger partial charge in [-0.25, -0.2) is 0 Å². The zero-order valence-corrected chi connectivity index (χ0v) is 7.58. The number of nitrogens with zero attached hydrogens (tertiary/aromatic N) is 1. The van der Waals surface area contributed by atoms with E-state index in [1.807, 2.05) is 37.4 Å². The number of rotatable bonds is 4. The van der Waals surface area contributed by atoms with Crippen LogP contribution < -0.4 is 10.1 Å². The Hall–Kier alpha value is -1.53. The Morgan fingerprint density at radius 1 is 1.38 bits per heavy atom. The van der Waals surface area contributed by atoms with Gasteiger partial charge < -0.3 is 10.1 Å². The van der Waals surface area contributed by atoms with Gasteiger partial charge in [-0.15, -0.1) is 0 Å². The summed E-state index contributed by atoms with van der Waals surface area (Å²) in [6, 6.07) is 9.60. The van der Waals surface area contributed by atoms with Crippen LogP contribution in [-0.2, 0) is 6.54 Å². The first-order valence-corrected chi connectivity index (χ1v) is 4.10. The van der Waals surface area contributed by atoms with E-state index in [-0.39, 0.29) is 6.61 Å². The van der Waals surface area contributed by atoms with Crippen molar-refractivity contribution in [1.29, 1.82) is 5.26 Å². The van der Waals surface area contributed by atoms with Gasteiger partial charge >= 0.3 is 0 Å². The van der Waals surface area contributed by atoms with E-state index < -0.39 is 0 Å². The van der Waals surface area contributed by atoms with Gasteiger partial charge in [-0.3, -0.25) is 0 Å². The van der Waals surface area contributed by atoms with Gasteiger partial charge in [-0.2, -0.15) is 5.26 Å². The number of nitrogens with one attached hydrogen (secondary N) is 1. The maximum atomic E-state index is 8.28. The molecule has 1 N–H and O–H groups in total. The second-order valence-electron chi connectivity index (χ2n) is 2.62. The molecule has 1 aromatic rings. The van der Waals surface area contributed by atoms with Crippen LogP contribution >= 0.6 is 0 Å². The summed E-state index contributed by atoms with van der Waals surface area (Å²) in [5, 5.41) is 11.3. The molecule has 0 saturated heterocycles. The topological polar surface area (TPSA) is 45.0 Å². The van der Waals surface area contributed by atoms with E-state index in [0.717, 1.165) is 12.3 Å². The van der Waals surface area contributed by atoms with Crippen molar-refractivity contribution in [2.24, 2.45) is 0 Å². The molecule has 0 aliphatic rings. The lowest BCUT2D eigenvalue weighted by Gasteiger charge is -2.03. The summed E-state index contributed by atoms with van der Waals surface area (Å²) in [5.41, 5.74) is 1.20. The fourth-order valence-electron chi connectivity index (χ4n) is 1.02. The summed E-state index contributed by atoms with van der Waals surface area (Å²) in [5.74, 6) is 0.737. The molecule has 0 aliphatic carbocycles. The highest BCUT2D eigenvalue weighted by Gasteiger charge is 1.93. The van der Waals surface area contributed by atoms with Gasteiger partial charge in [0.15, 0.2) is 6.61 Å². The van der Waals surface area contributed by atoms with Crippen LogP contribution in [0.4, 0.5) is 0 Å². The maximum absolute atomic E-state index is 8.28. The lowest BCUT2D eigenvalue weighted by Crippen LogP contribution is -2.04. The van der Waals surface area contributed by atoms with Crippen LogP contribution in [-0.4, -0.2) is 13.7 Å². The molecule has 0 saturated carbocycles. The van der Waals surface area contributed by atoms with Crippen LogP contribution in [0.3, 0.4) is 0 Å². The fourth-order valence-corrected chi connectivity index (χ4v) is 1.02. The molecule has 0 amide bonds. The van der Waals surface area contributed by atoms with Crippen LogP contribution in [0.5, 0.6) is 5.75 Å². The predicted octanol–water partition coefficient (Wildman–Crippen LogP) is 1.31. The van der Waals surface area contributed by atoms with Gasteiger partial charge in [0, 0.05) is 6.54 Å². The van der Waals surface area contributed by atoms with Crippen LogP contribution in [0, 0.1) is 11.3 Å². The summed E-state index contributed by atoms with van der Waals surface area (Å²) in [6.07, 6.45) is 0. The molecule has 0 aromatic heterocycles. The molecule has 1 aromatic carbocycles. The fraction of sp³-hybridized carbons (Fsp3) is 0.300. The second-order valence-corrected chi connectivity index (χ2v) is 2.62. The van der Waals surface area contributed by atoms with Crippen molar-refractivity contribution in [3.05, 3.63) is 29.8 Å². The van der Waals surface area contributed by atoms with Gasteiger partial charge in [0.2, 0.25) is 0 Å². The number of hydrogen-bond donors (Lipinski definition) is 1. The molecule has 3 heteroatoms. The molecule has 0 bridgehead atoms. The number of ether oxygens (including phenoxy) is 1. The third-order valence-corrected chi connectivity index (χ3v) is 1.61. The molecule has 13 heavy (non-hydrogen) atoms. The average molecular weight is 176 g/mol. The van der Waals surface area contributed by atoms with E-state index in [4.69, 9.17) is 10.00 Å². The molecule has 0 unspecified atom stereocenters. The van der Waals surface area contributed by atoms with Crippen LogP contribution in [0.1, 0.15) is 5.56 Å². The minimum absolute atomic E-state index is 0.103. The molecule has 0 heterocycles. The van der Waals surface area contributed by atoms with Gasteiger partial charge in [0.25, 0.3) is 0 Å². The zero-order chi connectivity index (χ0) is 9.52. The van der Waals surface area contributed by atoms with Crippen LogP contribution in [0.25, 0.3) is 0 Å². The standard InChI is InChI=1S/C10H12N2O/c1-12-8-9-2-4-10(5-3-9)13-7-6-11/h2-5,12H,7-8H2,1H3. The van der Waals surface area contributed by atoms with Gasteiger partial charge in [0.1, 0.15) is 11.8 Å². The first-order chi connectivity index (χ1) is 6.36. The number of nitriles is 1. The van der Waals surface area contributed by atoms with Crippen molar-refractivity contribution in [2.45, 2.75) is 6.54 Å². The third kappa shape index (κ3) is 3.14. The van der Waals surface area contributed by atoms with Crippen molar-refractivity contribution in [2.75, 3.05) is 13.7 Å². The van der Waals surface area contributed by atoms with E-state index in [2.05, 4.69) is 5.32 Å². The molecule has 1 rings (SSSR count). The van der Waals surface area contributed by atoms with Crippen LogP contribution in [0.15, 0.2) is 24.3 Å². The number of benzene rings is 1. The minimum Gasteiger partial charge on any atom is -0.479 e. The highest BCUT2D eigenvalue weighted by atomic mass is 16.5. The Labute approximate surface area is 77.9 Å². The maximum Gasteiger partial charge on any atom is 0.174 e. The Bertz CT molecular complexity index is 287. The van der Waals surface area contributed by atoms with Crippen molar-refractivity contribution in [1.82, 2.24) is 5.32 Å². The van der Waals surface area contributed by atoms with E-state index in [0.29, 0.717) is 0 Å². The Morgan fingerprint density at radius 2 is 2.08 bits per heavy atom. The smallest absolute Gasteiger partial charge is 0.174 e. The molecule has 0 radical (unpaired) electrons. The van der Waals surface area contributed by atoms with Crippen molar-refractivity contribution in [3.8, 4) is 11.8 Å². The predicted molar refractivity (Wildman–Crippen MR) is 50.3 cm³/mol. The molecule has 0 spiro atoms. The van der Waals surface area contributed by atoms with Crippen molar-refractivity contribution in [3.63, 3.8) is 0 Å². The summed E-state index contributed by atoms with van der Waals surface area (Å²) in [6.45, 7) is 0.948. The summed E-state index contributed by atoms with van der Waals surface area (Å²) in [4.78, 5) is 0. The Morgan fingerprint density at radius 3 is 2.62 bits per heavy atom. The molecular weight excluding hydrogens is 164 g/mol. The molecule has 0 fully saturated rings. The zero-order valence-electron chi connectivity index (χ0n) is 7.58. The summed E-state index contributed by atoms with van der Waals surface area (Å²) < 4.78 is 5.11. The van der Waals surface area contributed by atoms with Gasteiger partial charge in [-0.1, -0.05) is 12.1 Å². The first kappa shape index (κ1) is 9.56. The molecule has 3 nitrogen and oxygen atoms in total. The summed E-state index contributed by atoms with van der Waals surface area (Å²) >= 11 is 0. The quantitative estimate of drug-likeness (QED) is 0.752. The van der Waals surface area contributed by atoms with Crippen molar-refractivity contribution < 1.29 is 4.74 Å². The normalized spacial score (nSPS) is 9.23. The highest BCUT2D eigenvalue weighted by Crippen LogP contribution is 2.11. The third-order valence-electron chi connectivity index (χ3n) is 1.61. The molecule has 0 atom stereocenters. The Kier molecular flexibility index (Phi) is 3.80. The SMILES string of the molecule is CNCc1ccc(OCC#N)cc1. The first-order valence-electron chi connectivity index (χ1n) is 4.10. The van der Waals surface area contributed by atoms with Gasteiger partial charge in [0.05, 0.1) is 0 Å². The second kappa shape index (κ2) is 5.18. The van der Waals surface area contributed by atoms with E-state index in [1.54, 1.807) is 0 Å². The van der Waals surface area contributed by atoms with E-state index in [1.165, 1.54) is 5.56 Å². The van der Waals surface area contributed by atoms with E-state index in [9.17, 15) is 0 Å². The van der Waals surface area contributed by atoms with Gasteiger partial charge in [-0.05, 0) is 24.7 Å². The van der Waals surface area contributed by atoms with Crippen molar-refractivity contribution >= 4 is 0 Å². The highest BCUT2D eigenvalue weighted by molar-refractivity contribution is 5.27. The average Bonchev–Trinajstić information content (AvgIpc) is 2.17. The summed E-state index contributed by atoms with van der Waals surface area (Å²) in [7, 11) is 1.90. The molecule has 0 aliphatic heterocycles. The van der Waals surface area contributed by atoms with E-state index >= 15 is 0 Å². The lowest BCUT2D eigenvalue weighted by molar-refractivity contribution is 0.368. The molecule has 68 valence electrons.